The number of aliphatic hydroxyl groups excluding tert-OH is 1. The Kier molecular flexibility index (Phi) is 6.33. The standard InChI is InChI=1S/C11H26N2O/c1-6-12-10(8-14)7-13(5)9-11(2,3)4/h10,12,14H,6-9H2,1-5H3. The minimum Gasteiger partial charge on any atom is -0.395 e. The average Bonchev–Trinajstić information content (AvgIpc) is 2.00. The lowest BCUT2D eigenvalue weighted by molar-refractivity contribution is 0.169. The minimum absolute atomic E-state index is 0.201. The van der Waals surface area contributed by atoms with Crippen LogP contribution in [0.25, 0.3) is 0 Å². The van der Waals surface area contributed by atoms with Crippen LogP contribution in [-0.4, -0.2) is 49.3 Å². The molecular weight excluding hydrogens is 176 g/mol. The Labute approximate surface area is 88.5 Å². The van der Waals surface area contributed by atoms with Gasteiger partial charge in [-0.1, -0.05) is 27.7 Å². The van der Waals surface area contributed by atoms with E-state index in [-0.39, 0.29) is 12.6 Å². The first kappa shape index (κ1) is 13.9. The number of nitrogens with one attached hydrogen (secondary N) is 1. The van der Waals surface area contributed by atoms with Gasteiger partial charge < -0.3 is 15.3 Å². The summed E-state index contributed by atoms with van der Waals surface area (Å²) in [6, 6.07) is 0.201. The van der Waals surface area contributed by atoms with Crippen molar-refractivity contribution in [3.05, 3.63) is 0 Å². The summed E-state index contributed by atoms with van der Waals surface area (Å²) in [5.41, 5.74) is 0.320. The Morgan fingerprint density at radius 2 is 1.93 bits per heavy atom. The van der Waals surface area contributed by atoms with E-state index in [0.29, 0.717) is 5.41 Å². The third-order valence-electron chi connectivity index (χ3n) is 1.99. The van der Waals surface area contributed by atoms with Crippen LogP contribution in [-0.2, 0) is 0 Å². The van der Waals surface area contributed by atoms with Gasteiger partial charge in [0.05, 0.1) is 6.61 Å². The maximum Gasteiger partial charge on any atom is 0.0597 e. The molecule has 0 aromatic carbocycles. The summed E-state index contributed by atoms with van der Waals surface area (Å²) < 4.78 is 0. The molecule has 14 heavy (non-hydrogen) atoms. The predicted molar refractivity (Wildman–Crippen MR) is 61.5 cm³/mol. The van der Waals surface area contributed by atoms with E-state index in [9.17, 15) is 0 Å². The molecule has 3 nitrogen and oxygen atoms in total. The Bertz CT molecular complexity index is 143. The van der Waals surface area contributed by atoms with Crippen molar-refractivity contribution in [1.82, 2.24) is 10.2 Å². The quantitative estimate of drug-likeness (QED) is 0.673. The molecule has 0 radical (unpaired) electrons. The SMILES string of the molecule is CCNC(CO)CN(C)CC(C)(C)C. The van der Waals surface area contributed by atoms with E-state index in [1.807, 2.05) is 0 Å². The highest BCUT2D eigenvalue weighted by atomic mass is 16.3. The molecule has 0 bridgehead atoms. The van der Waals surface area contributed by atoms with Gasteiger partial charge in [0.2, 0.25) is 0 Å². The number of rotatable bonds is 6. The second-order valence-corrected chi connectivity index (χ2v) is 5.19. The van der Waals surface area contributed by atoms with Crippen LogP contribution < -0.4 is 5.32 Å². The van der Waals surface area contributed by atoms with Gasteiger partial charge in [0.1, 0.15) is 0 Å². The molecule has 0 spiro atoms. The largest absolute Gasteiger partial charge is 0.395 e. The Morgan fingerprint density at radius 3 is 2.29 bits per heavy atom. The molecule has 1 unspecified atom stereocenters. The molecular formula is C11H26N2O. The molecule has 1 atom stereocenters. The van der Waals surface area contributed by atoms with Gasteiger partial charge in [-0.3, -0.25) is 0 Å². The molecule has 0 saturated heterocycles. The Balaban J connectivity index is 3.84. The number of likely N-dealkylation sites (N-methyl/N-ethyl adjacent to an activating group) is 2. The van der Waals surface area contributed by atoms with Crippen LogP contribution in [0, 0.1) is 5.41 Å². The fraction of sp³-hybridized carbons (Fsp3) is 1.00. The van der Waals surface area contributed by atoms with Crippen LogP contribution in [0.2, 0.25) is 0 Å². The first-order chi connectivity index (χ1) is 6.39. The summed E-state index contributed by atoms with van der Waals surface area (Å²) in [6.45, 7) is 11.8. The van der Waals surface area contributed by atoms with Crippen LogP contribution >= 0.6 is 0 Å². The van der Waals surface area contributed by atoms with E-state index in [1.165, 1.54) is 0 Å². The van der Waals surface area contributed by atoms with E-state index in [4.69, 9.17) is 5.11 Å². The highest BCUT2D eigenvalue weighted by Crippen LogP contribution is 2.13. The van der Waals surface area contributed by atoms with Gasteiger partial charge in [-0.05, 0) is 19.0 Å². The smallest absolute Gasteiger partial charge is 0.0597 e. The van der Waals surface area contributed by atoms with E-state index in [0.717, 1.165) is 19.6 Å². The van der Waals surface area contributed by atoms with Crippen LogP contribution in [0.4, 0.5) is 0 Å². The number of nitrogens with zero attached hydrogens (tertiary/aromatic N) is 1. The van der Waals surface area contributed by atoms with E-state index in [2.05, 4.69) is 45.0 Å². The summed E-state index contributed by atoms with van der Waals surface area (Å²) in [5.74, 6) is 0. The van der Waals surface area contributed by atoms with E-state index >= 15 is 0 Å². The first-order valence-corrected chi connectivity index (χ1v) is 5.42. The Morgan fingerprint density at radius 1 is 1.36 bits per heavy atom. The fourth-order valence-corrected chi connectivity index (χ4v) is 1.73. The van der Waals surface area contributed by atoms with Crippen LogP contribution in [0.1, 0.15) is 27.7 Å². The van der Waals surface area contributed by atoms with Gasteiger partial charge in [-0.15, -0.1) is 0 Å². The van der Waals surface area contributed by atoms with Crippen molar-refractivity contribution in [2.45, 2.75) is 33.7 Å². The maximum atomic E-state index is 9.12. The summed E-state index contributed by atoms with van der Waals surface area (Å²) in [7, 11) is 2.10. The van der Waals surface area contributed by atoms with Crippen molar-refractivity contribution >= 4 is 0 Å². The zero-order valence-electron chi connectivity index (χ0n) is 10.3. The molecule has 2 N–H and O–H groups in total. The summed E-state index contributed by atoms with van der Waals surface area (Å²) in [4.78, 5) is 2.27. The summed E-state index contributed by atoms with van der Waals surface area (Å²) in [5, 5.41) is 12.4. The lowest BCUT2D eigenvalue weighted by atomic mass is 9.96. The zero-order valence-corrected chi connectivity index (χ0v) is 10.3. The second kappa shape index (κ2) is 6.38. The third-order valence-corrected chi connectivity index (χ3v) is 1.99. The Hall–Kier alpha value is -0.120. The first-order valence-electron chi connectivity index (χ1n) is 5.42. The van der Waals surface area contributed by atoms with Crippen LogP contribution in [0.5, 0.6) is 0 Å². The van der Waals surface area contributed by atoms with Gasteiger partial charge in [0.15, 0.2) is 0 Å². The predicted octanol–water partition coefficient (Wildman–Crippen LogP) is 0.935. The molecule has 0 aliphatic rings. The number of hydrogen-bond donors (Lipinski definition) is 2. The van der Waals surface area contributed by atoms with Gasteiger partial charge >= 0.3 is 0 Å². The monoisotopic (exact) mass is 202 g/mol. The van der Waals surface area contributed by atoms with Crippen LogP contribution in [0.3, 0.4) is 0 Å². The lowest BCUT2D eigenvalue weighted by Gasteiger charge is -2.29. The highest BCUT2D eigenvalue weighted by molar-refractivity contribution is 4.72. The molecule has 0 aliphatic carbocycles. The normalized spacial score (nSPS) is 14.8. The molecule has 0 aromatic heterocycles. The molecule has 0 aliphatic heterocycles. The molecule has 0 aromatic rings. The second-order valence-electron chi connectivity index (χ2n) is 5.19. The van der Waals surface area contributed by atoms with Gasteiger partial charge in [0.25, 0.3) is 0 Å². The fourth-order valence-electron chi connectivity index (χ4n) is 1.73. The minimum atomic E-state index is 0.201. The van der Waals surface area contributed by atoms with Crippen molar-refractivity contribution in [2.24, 2.45) is 5.41 Å². The topological polar surface area (TPSA) is 35.5 Å². The molecule has 0 amide bonds. The van der Waals surface area contributed by atoms with Crippen molar-refractivity contribution in [1.29, 1.82) is 0 Å². The number of hydrogen-bond acceptors (Lipinski definition) is 3. The molecule has 3 heteroatoms. The summed E-state index contributed by atoms with van der Waals surface area (Å²) in [6.07, 6.45) is 0. The van der Waals surface area contributed by atoms with E-state index < -0.39 is 0 Å². The van der Waals surface area contributed by atoms with Crippen molar-refractivity contribution in [2.75, 3.05) is 33.3 Å². The molecule has 0 saturated carbocycles. The molecule has 0 fully saturated rings. The van der Waals surface area contributed by atoms with Gasteiger partial charge in [-0.2, -0.15) is 0 Å². The van der Waals surface area contributed by atoms with Crippen molar-refractivity contribution in [3.63, 3.8) is 0 Å². The van der Waals surface area contributed by atoms with E-state index in [1.54, 1.807) is 0 Å². The average molecular weight is 202 g/mol. The van der Waals surface area contributed by atoms with Crippen molar-refractivity contribution < 1.29 is 5.11 Å². The van der Waals surface area contributed by atoms with Crippen LogP contribution in [0.15, 0.2) is 0 Å². The lowest BCUT2D eigenvalue weighted by Crippen LogP contribution is -2.44. The molecule has 0 heterocycles. The number of aliphatic hydroxyl groups is 1. The van der Waals surface area contributed by atoms with Gasteiger partial charge in [-0.25, -0.2) is 0 Å². The third kappa shape index (κ3) is 7.30. The van der Waals surface area contributed by atoms with Crippen molar-refractivity contribution in [3.8, 4) is 0 Å². The summed E-state index contributed by atoms with van der Waals surface area (Å²) >= 11 is 0. The molecule has 86 valence electrons. The molecule has 0 rings (SSSR count). The maximum absolute atomic E-state index is 9.12. The zero-order chi connectivity index (χ0) is 11.2. The van der Waals surface area contributed by atoms with Gasteiger partial charge in [0, 0.05) is 19.1 Å². The highest BCUT2D eigenvalue weighted by Gasteiger charge is 2.16.